The Morgan fingerprint density at radius 3 is 2.43 bits per heavy atom. The van der Waals surface area contributed by atoms with Gasteiger partial charge < -0.3 is 24.6 Å². The standard InChI is InChI=1S/C23H40N4O2.HI/c1-6-24-23(27-14-12-21(13-15-27)29-17-7-16-28-5)25-18-22(26(3)4)20-10-8-19(2)9-11-20;/h8-11,21-22H,6-7,12-18H2,1-5H3,(H,24,25);1H. The van der Waals surface area contributed by atoms with Gasteiger partial charge in [0.2, 0.25) is 0 Å². The second kappa shape index (κ2) is 15.0. The fourth-order valence-corrected chi connectivity index (χ4v) is 3.64. The lowest BCUT2D eigenvalue weighted by atomic mass is 10.0. The molecule has 1 atom stereocenters. The van der Waals surface area contributed by atoms with Crippen LogP contribution < -0.4 is 5.32 Å². The van der Waals surface area contributed by atoms with Gasteiger partial charge in [0.25, 0.3) is 0 Å². The Morgan fingerprint density at radius 1 is 1.20 bits per heavy atom. The Bertz CT molecular complexity index is 602. The number of hydrogen-bond acceptors (Lipinski definition) is 4. The summed E-state index contributed by atoms with van der Waals surface area (Å²) in [5, 5.41) is 3.48. The lowest BCUT2D eigenvalue weighted by Gasteiger charge is -2.34. The second-order valence-corrected chi connectivity index (χ2v) is 7.99. The normalized spacial score (nSPS) is 16.5. The molecule has 172 valence electrons. The molecule has 1 heterocycles. The molecule has 1 aromatic carbocycles. The van der Waals surface area contributed by atoms with Crippen LogP contribution in [0.4, 0.5) is 0 Å². The maximum atomic E-state index is 6.00. The van der Waals surface area contributed by atoms with E-state index in [9.17, 15) is 0 Å². The molecule has 1 saturated heterocycles. The summed E-state index contributed by atoms with van der Waals surface area (Å²) in [6.07, 6.45) is 3.41. The highest BCUT2D eigenvalue weighted by molar-refractivity contribution is 14.0. The Kier molecular flexibility index (Phi) is 13.6. The van der Waals surface area contributed by atoms with Crippen molar-refractivity contribution in [2.45, 2.75) is 45.3 Å². The van der Waals surface area contributed by atoms with Crippen LogP contribution in [0.1, 0.15) is 43.4 Å². The largest absolute Gasteiger partial charge is 0.385 e. The highest BCUT2D eigenvalue weighted by atomic mass is 127. The summed E-state index contributed by atoms with van der Waals surface area (Å²) in [5.41, 5.74) is 2.60. The van der Waals surface area contributed by atoms with Gasteiger partial charge in [0.05, 0.1) is 18.7 Å². The molecule has 0 radical (unpaired) electrons. The summed E-state index contributed by atoms with van der Waals surface area (Å²) >= 11 is 0. The number of rotatable bonds is 10. The molecule has 6 nitrogen and oxygen atoms in total. The lowest BCUT2D eigenvalue weighted by molar-refractivity contribution is 0.00989. The van der Waals surface area contributed by atoms with E-state index in [1.807, 2.05) is 0 Å². The SMILES string of the molecule is CCNC(=NCC(c1ccc(C)cc1)N(C)C)N1CCC(OCCCOC)CC1.I. The third-order valence-electron chi connectivity index (χ3n) is 5.42. The predicted molar refractivity (Wildman–Crippen MR) is 136 cm³/mol. The first-order valence-electron chi connectivity index (χ1n) is 10.9. The minimum atomic E-state index is 0. The topological polar surface area (TPSA) is 49.3 Å². The number of likely N-dealkylation sites (N-methyl/N-ethyl adjacent to an activating group) is 1. The molecular weight excluding hydrogens is 491 g/mol. The second-order valence-electron chi connectivity index (χ2n) is 7.99. The van der Waals surface area contributed by atoms with Gasteiger partial charge in [-0.3, -0.25) is 4.99 Å². The van der Waals surface area contributed by atoms with E-state index < -0.39 is 0 Å². The van der Waals surface area contributed by atoms with Crippen LogP contribution in [-0.4, -0.2) is 82.5 Å². The van der Waals surface area contributed by atoms with Crippen LogP contribution in [0.25, 0.3) is 0 Å². The Balaban J connectivity index is 0.00000450. The maximum Gasteiger partial charge on any atom is 0.193 e. The molecule has 2 rings (SSSR count). The molecule has 0 aliphatic carbocycles. The first-order valence-corrected chi connectivity index (χ1v) is 10.9. The number of aryl methyl sites for hydroxylation is 1. The summed E-state index contributed by atoms with van der Waals surface area (Å²) in [7, 11) is 5.98. The number of guanidine groups is 1. The van der Waals surface area contributed by atoms with E-state index in [0.29, 0.717) is 6.10 Å². The highest BCUT2D eigenvalue weighted by Gasteiger charge is 2.22. The number of hydrogen-bond donors (Lipinski definition) is 1. The molecule has 1 unspecified atom stereocenters. The number of aliphatic imine (C=N–C) groups is 1. The van der Waals surface area contributed by atoms with Gasteiger partial charge in [0.15, 0.2) is 5.96 Å². The van der Waals surface area contributed by atoms with Gasteiger partial charge in [-0.25, -0.2) is 0 Å². The number of nitrogens with one attached hydrogen (secondary N) is 1. The Morgan fingerprint density at radius 2 is 1.87 bits per heavy atom. The van der Waals surface area contributed by atoms with Crippen LogP contribution in [0, 0.1) is 6.92 Å². The van der Waals surface area contributed by atoms with Crippen LogP contribution in [0.3, 0.4) is 0 Å². The Labute approximate surface area is 200 Å². The van der Waals surface area contributed by atoms with Crippen LogP contribution in [0.15, 0.2) is 29.3 Å². The van der Waals surface area contributed by atoms with Gasteiger partial charge >= 0.3 is 0 Å². The quantitative estimate of drug-likeness (QED) is 0.216. The van der Waals surface area contributed by atoms with Crippen molar-refractivity contribution in [3.63, 3.8) is 0 Å². The molecule has 1 aromatic rings. The van der Waals surface area contributed by atoms with E-state index >= 15 is 0 Å². The monoisotopic (exact) mass is 532 g/mol. The molecule has 1 N–H and O–H groups in total. The van der Waals surface area contributed by atoms with Gasteiger partial charge in [-0.2, -0.15) is 0 Å². The molecule has 0 spiro atoms. The summed E-state index contributed by atoms with van der Waals surface area (Å²) in [6.45, 7) is 9.40. The van der Waals surface area contributed by atoms with E-state index in [-0.39, 0.29) is 30.0 Å². The number of ether oxygens (including phenoxy) is 2. The van der Waals surface area contributed by atoms with E-state index in [4.69, 9.17) is 14.5 Å². The Hall–Kier alpha value is -0.900. The smallest absolute Gasteiger partial charge is 0.193 e. The van der Waals surface area contributed by atoms with E-state index in [0.717, 1.165) is 64.6 Å². The number of likely N-dealkylation sites (tertiary alicyclic amines) is 1. The van der Waals surface area contributed by atoms with Crippen molar-refractivity contribution in [2.24, 2.45) is 4.99 Å². The molecule has 1 aliphatic heterocycles. The minimum absolute atomic E-state index is 0. The van der Waals surface area contributed by atoms with Crippen molar-refractivity contribution < 1.29 is 9.47 Å². The van der Waals surface area contributed by atoms with Crippen LogP contribution >= 0.6 is 24.0 Å². The van der Waals surface area contributed by atoms with Crippen LogP contribution in [-0.2, 0) is 9.47 Å². The summed E-state index contributed by atoms with van der Waals surface area (Å²) in [6, 6.07) is 9.06. The number of methoxy groups -OCH3 is 1. The first-order chi connectivity index (χ1) is 14.0. The predicted octanol–water partition coefficient (Wildman–Crippen LogP) is 3.70. The third kappa shape index (κ3) is 9.08. The van der Waals surface area contributed by atoms with Crippen molar-refractivity contribution in [1.82, 2.24) is 15.1 Å². The van der Waals surface area contributed by atoms with Crippen molar-refractivity contribution >= 4 is 29.9 Å². The van der Waals surface area contributed by atoms with Crippen LogP contribution in [0.5, 0.6) is 0 Å². The zero-order valence-electron chi connectivity index (χ0n) is 19.4. The van der Waals surface area contributed by atoms with Gasteiger partial charge in [-0.05, 0) is 52.8 Å². The zero-order chi connectivity index (χ0) is 21.1. The van der Waals surface area contributed by atoms with Gasteiger partial charge in [-0.1, -0.05) is 29.8 Å². The molecule has 1 aliphatic rings. The van der Waals surface area contributed by atoms with Crippen molar-refractivity contribution in [3.05, 3.63) is 35.4 Å². The number of halogens is 1. The number of nitrogens with zero attached hydrogens (tertiary/aromatic N) is 3. The number of piperidine rings is 1. The van der Waals surface area contributed by atoms with Crippen molar-refractivity contribution in [1.29, 1.82) is 0 Å². The molecule has 30 heavy (non-hydrogen) atoms. The minimum Gasteiger partial charge on any atom is -0.385 e. The molecule has 0 bridgehead atoms. The average Bonchev–Trinajstić information content (AvgIpc) is 2.72. The molecule has 0 aromatic heterocycles. The first kappa shape index (κ1) is 27.1. The lowest BCUT2D eigenvalue weighted by Crippen LogP contribution is -2.47. The molecule has 0 saturated carbocycles. The molecule has 0 amide bonds. The van der Waals surface area contributed by atoms with Crippen LogP contribution in [0.2, 0.25) is 0 Å². The van der Waals surface area contributed by atoms with Crippen molar-refractivity contribution in [3.8, 4) is 0 Å². The van der Waals surface area contributed by atoms with E-state index in [1.165, 1.54) is 11.1 Å². The van der Waals surface area contributed by atoms with E-state index in [1.54, 1.807) is 7.11 Å². The highest BCUT2D eigenvalue weighted by Crippen LogP contribution is 2.20. The summed E-state index contributed by atoms with van der Waals surface area (Å²) in [4.78, 5) is 9.62. The fourth-order valence-electron chi connectivity index (χ4n) is 3.64. The third-order valence-corrected chi connectivity index (χ3v) is 5.42. The average molecular weight is 533 g/mol. The molecule has 7 heteroatoms. The molecule has 1 fully saturated rings. The van der Waals surface area contributed by atoms with E-state index in [2.05, 4.69) is 67.3 Å². The zero-order valence-corrected chi connectivity index (χ0v) is 21.7. The fraction of sp³-hybridized carbons (Fsp3) is 0.696. The van der Waals surface area contributed by atoms with Crippen molar-refractivity contribution in [2.75, 3.05) is 60.6 Å². The number of benzene rings is 1. The molecular formula is C23H41IN4O2. The van der Waals surface area contributed by atoms with Gasteiger partial charge in [0.1, 0.15) is 0 Å². The summed E-state index contributed by atoms with van der Waals surface area (Å²) < 4.78 is 11.1. The maximum absolute atomic E-state index is 6.00. The van der Waals surface area contributed by atoms with Gasteiger partial charge in [-0.15, -0.1) is 24.0 Å². The van der Waals surface area contributed by atoms with Gasteiger partial charge in [0, 0.05) is 40.0 Å². The summed E-state index contributed by atoms with van der Waals surface area (Å²) in [5.74, 6) is 1.02.